The van der Waals surface area contributed by atoms with Crippen LogP contribution in [-0.4, -0.2) is 23.6 Å². The summed E-state index contributed by atoms with van der Waals surface area (Å²) in [4.78, 5) is 8.83. The van der Waals surface area contributed by atoms with E-state index in [1.807, 2.05) is 37.3 Å². The fraction of sp³-hybridized carbons (Fsp3) is 0.200. The zero-order chi connectivity index (χ0) is 18.4. The number of nitrogens with zero attached hydrogens (tertiary/aromatic N) is 2. The molecule has 6 heteroatoms. The van der Waals surface area contributed by atoms with Crippen LogP contribution in [0, 0.1) is 12.7 Å². The second kappa shape index (κ2) is 8.29. The first-order valence-corrected chi connectivity index (χ1v) is 8.37. The summed E-state index contributed by atoms with van der Waals surface area (Å²) >= 11 is 0. The Morgan fingerprint density at radius 2 is 1.73 bits per heavy atom. The van der Waals surface area contributed by atoms with Gasteiger partial charge < -0.3 is 15.4 Å². The summed E-state index contributed by atoms with van der Waals surface area (Å²) in [6, 6.07) is 16.0. The van der Waals surface area contributed by atoms with Gasteiger partial charge in [-0.2, -0.15) is 4.98 Å². The molecular weight excluding hydrogens is 331 g/mol. The van der Waals surface area contributed by atoms with Crippen LogP contribution < -0.4 is 15.4 Å². The molecule has 0 bridgehead atoms. The summed E-state index contributed by atoms with van der Waals surface area (Å²) in [6.07, 6.45) is 0.869. The highest BCUT2D eigenvalue weighted by molar-refractivity contribution is 5.55. The predicted octanol–water partition coefficient (Wildman–Crippen LogP) is 4.33. The molecule has 134 valence electrons. The lowest BCUT2D eigenvalue weighted by molar-refractivity contribution is 0.414. The number of aryl methyl sites for hydroxylation is 1. The average Bonchev–Trinajstić information content (AvgIpc) is 2.64. The van der Waals surface area contributed by atoms with Gasteiger partial charge in [-0.3, -0.25) is 0 Å². The molecular formula is C20H21FN4O. The maximum Gasteiger partial charge on any atom is 0.229 e. The van der Waals surface area contributed by atoms with E-state index in [0.29, 0.717) is 5.95 Å². The number of ether oxygens (including phenoxy) is 1. The van der Waals surface area contributed by atoms with Crippen molar-refractivity contribution in [2.45, 2.75) is 13.3 Å². The molecule has 0 radical (unpaired) electrons. The van der Waals surface area contributed by atoms with Crippen molar-refractivity contribution in [3.05, 3.63) is 71.7 Å². The Morgan fingerprint density at radius 3 is 2.42 bits per heavy atom. The molecule has 2 N–H and O–H groups in total. The molecule has 5 nitrogen and oxygen atoms in total. The first-order valence-electron chi connectivity index (χ1n) is 8.37. The van der Waals surface area contributed by atoms with Crippen molar-refractivity contribution in [3.8, 4) is 5.75 Å². The van der Waals surface area contributed by atoms with Crippen molar-refractivity contribution < 1.29 is 9.13 Å². The normalized spacial score (nSPS) is 10.4. The quantitative estimate of drug-likeness (QED) is 0.663. The summed E-state index contributed by atoms with van der Waals surface area (Å²) < 4.78 is 18.2. The van der Waals surface area contributed by atoms with Crippen molar-refractivity contribution in [1.82, 2.24) is 9.97 Å². The van der Waals surface area contributed by atoms with Gasteiger partial charge in [-0.1, -0.05) is 12.1 Å². The van der Waals surface area contributed by atoms with E-state index < -0.39 is 0 Å². The van der Waals surface area contributed by atoms with Crippen molar-refractivity contribution in [1.29, 1.82) is 0 Å². The van der Waals surface area contributed by atoms with Gasteiger partial charge in [-0.25, -0.2) is 9.37 Å². The number of rotatable bonds is 7. The first-order chi connectivity index (χ1) is 12.6. The van der Waals surface area contributed by atoms with Crippen LogP contribution in [0.2, 0.25) is 0 Å². The lowest BCUT2D eigenvalue weighted by Gasteiger charge is -2.10. The Bertz CT molecular complexity index is 851. The highest BCUT2D eigenvalue weighted by atomic mass is 19.1. The molecule has 0 spiro atoms. The van der Waals surface area contributed by atoms with E-state index in [2.05, 4.69) is 20.6 Å². The van der Waals surface area contributed by atoms with Crippen LogP contribution in [0.15, 0.2) is 54.6 Å². The number of halogens is 1. The SMILES string of the molecule is COc1ccc(CCNc2cc(C)nc(Nc3ccc(F)cc3)n2)cc1. The van der Waals surface area contributed by atoms with E-state index in [9.17, 15) is 4.39 Å². The number of hydrogen-bond acceptors (Lipinski definition) is 5. The van der Waals surface area contributed by atoms with E-state index in [1.165, 1.54) is 17.7 Å². The highest BCUT2D eigenvalue weighted by Gasteiger charge is 2.03. The maximum atomic E-state index is 13.0. The Kier molecular flexibility index (Phi) is 5.63. The molecule has 0 aliphatic carbocycles. The number of anilines is 3. The van der Waals surface area contributed by atoms with Crippen LogP contribution >= 0.6 is 0 Å². The maximum absolute atomic E-state index is 13.0. The number of aromatic nitrogens is 2. The topological polar surface area (TPSA) is 59.1 Å². The Hall–Kier alpha value is -3.15. The lowest BCUT2D eigenvalue weighted by Crippen LogP contribution is -2.08. The van der Waals surface area contributed by atoms with Gasteiger partial charge in [-0.05, 0) is 55.3 Å². The molecule has 1 heterocycles. The molecule has 0 aliphatic heterocycles. The van der Waals surface area contributed by atoms with Crippen LogP contribution in [0.1, 0.15) is 11.3 Å². The summed E-state index contributed by atoms with van der Waals surface area (Å²) in [5.41, 5.74) is 2.80. The van der Waals surface area contributed by atoms with Gasteiger partial charge in [0, 0.05) is 24.0 Å². The highest BCUT2D eigenvalue weighted by Crippen LogP contribution is 2.17. The van der Waals surface area contributed by atoms with Crippen molar-refractivity contribution in [3.63, 3.8) is 0 Å². The standard InChI is InChI=1S/C20H21FN4O/c1-14-13-19(22-12-11-15-3-9-18(26-2)10-4-15)25-20(23-14)24-17-7-5-16(21)6-8-17/h3-10,13H,11-12H2,1-2H3,(H2,22,23,24,25). The van der Waals surface area contributed by atoms with Crippen LogP contribution in [0.25, 0.3) is 0 Å². The second-order valence-electron chi connectivity index (χ2n) is 5.87. The molecule has 0 fully saturated rings. The van der Waals surface area contributed by atoms with E-state index in [-0.39, 0.29) is 5.82 Å². The molecule has 0 atom stereocenters. The third-order valence-electron chi connectivity index (χ3n) is 3.83. The van der Waals surface area contributed by atoms with Gasteiger partial charge in [0.2, 0.25) is 5.95 Å². The fourth-order valence-electron chi connectivity index (χ4n) is 2.50. The van der Waals surface area contributed by atoms with E-state index in [0.717, 1.165) is 35.9 Å². The van der Waals surface area contributed by atoms with Crippen LogP contribution in [0.3, 0.4) is 0 Å². The summed E-state index contributed by atoms with van der Waals surface area (Å²) in [5, 5.41) is 6.41. The molecule has 0 amide bonds. The van der Waals surface area contributed by atoms with Gasteiger partial charge in [-0.15, -0.1) is 0 Å². The van der Waals surface area contributed by atoms with Crippen LogP contribution in [0.5, 0.6) is 5.75 Å². The minimum absolute atomic E-state index is 0.276. The summed E-state index contributed by atoms with van der Waals surface area (Å²) in [5.74, 6) is 1.80. The van der Waals surface area contributed by atoms with Gasteiger partial charge in [0.25, 0.3) is 0 Å². The van der Waals surface area contributed by atoms with Crippen molar-refractivity contribution in [2.24, 2.45) is 0 Å². The van der Waals surface area contributed by atoms with E-state index in [1.54, 1.807) is 19.2 Å². The van der Waals surface area contributed by atoms with E-state index >= 15 is 0 Å². The number of nitrogens with one attached hydrogen (secondary N) is 2. The second-order valence-corrected chi connectivity index (χ2v) is 5.87. The predicted molar refractivity (Wildman–Crippen MR) is 102 cm³/mol. The van der Waals surface area contributed by atoms with Crippen LogP contribution in [-0.2, 0) is 6.42 Å². The third kappa shape index (κ3) is 4.92. The molecule has 0 saturated heterocycles. The summed E-state index contributed by atoms with van der Waals surface area (Å²) in [7, 11) is 1.66. The minimum Gasteiger partial charge on any atom is -0.497 e. The van der Waals surface area contributed by atoms with Crippen molar-refractivity contribution >= 4 is 17.5 Å². The zero-order valence-corrected chi connectivity index (χ0v) is 14.8. The van der Waals surface area contributed by atoms with Gasteiger partial charge in [0.05, 0.1) is 7.11 Å². The number of hydrogen-bond donors (Lipinski definition) is 2. The molecule has 3 rings (SSSR count). The molecule has 26 heavy (non-hydrogen) atoms. The largest absolute Gasteiger partial charge is 0.497 e. The molecule has 0 unspecified atom stereocenters. The van der Waals surface area contributed by atoms with Crippen LogP contribution in [0.4, 0.5) is 21.8 Å². The number of methoxy groups -OCH3 is 1. The van der Waals surface area contributed by atoms with Gasteiger partial charge in [0.1, 0.15) is 17.4 Å². The molecule has 0 aliphatic rings. The Balaban J connectivity index is 1.60. The first kappa shape index (κ1) is 17.7. The molecule has 2 aromatic carbocycles. The molecule has 0 saturated carbocycles. The monoisotopic (exact) mass is 352 g/mol. The number of benzene rings is 2. The smallest absolute Gasteiger partial charge is 0.229 e. The van der Waals surface area contributed by atoms with E-state index in [4.69, 9.17) is 4.74 Å². The minimum atomic E-state index is -0.276. The van der Waals surface area contributed by atoms with Gasteiger partial charge >= 0.3 is 0 Å². The Labute approximate surface area is 152 Å². The van der Waals surface area contributed by atoms with Gasteiger partial charge in [0.15, 0.2) is 0 Å². The fourth-order valence-corrected chi connectivity index (χ4v) is 2.50. The Morgan fingerprint density at radius 1 is 1.00 bits per heavy atom. The molecule has 3 aromatic rings. The summed E-state index contributed by atoms with van der Waals surface area (Å²) in [6.45, 7) is 2.66. The van der Waals surface area contributed by atoms with Crippen molar-refractivity contribution in [2.75, 3.05) is 24.3 Å². The lowest BCUT2D eigenvalue weighted by atomic mass is 10.1. The average molecular weight is 352 g/mol. The zero-order valence-electron chi connectivity index (χ0n) is 14.8. The molecule has 1 aromatic heterocycles. The third-order valence-corrected chi connectivity index (χ3v) is 3.83.